The van der Waals surface area contributed by atoms with E-state index in [2.05, 4.69) is 5.10 Å². The summed E-state index contributed by atoms with van der Waals surface area (Å²) >= 11 is 0. The molecule has 2 aromatic carbocycles. The first kappa shape index (κ1) is 22.3. The van der Waals surface area contributed by atoms with Crippen molar-refractivity contribution in [3.05, 3.63) is 59.4 Å². The Labute approximate surface area is 181 Å². The Morgan fingerprint density at radius 3 is 2.58 bits per heavy atom. The largest absolute Gasteiger partial charge is 0.497 e. The molecule has 1 unspecified atom stereocenters. The number of rotatable bonds is 7. The quantitative estimate of drug-likeness (QED) is 0.679. The van der Waals surface area contributed by atoms with Crippen LogP contribution in [-0.4, -0.2) is 55.2 Å². The lowest BCUT2D eigenvalue weighted by Crippen LogP contribution is -2.39. The maximum absolute atomic E-state index is 14.4. The van der Waals surface area contributed by atoms with Crippen molar-refractivity contribution in [3.8, 4) is 11.5 Å². The number of nitrogens with zero attached hydrogens (tertiary/aromatic N) is 3. The van der Waals surface area contributed by atoms with Crippen molar-refractivity contribution in [2.24, 2.45) is 5.10 Å². The molecule has 0 saturated heterocycles. The van der Waals surface area contributed by atoms with Gasteiger partial charge >= 0.3 is 0 Å². The van der Waals surface area contributed by atoms with Gasteiger partial charge in [0.25, 0.3) is 5.91 Å². The summed E-state index contributed by atoms with van der Waals surface area (Å²) in [5, 5.41) is 5.79. The highest BCUT2D eigenvalue weighted by Crippen LogP contribution is 2.39. The van der Waals surface area contributed by atoms with E-state index in [1.165, 1.54) is 16.0 Å². The molecule has 3 rings (SSSR count). The minimum atomic E-state index is -0.530. The highest BCUT2D eigenvalue weighted by molar-refractivity contribution is 6.03. The molecule has 0 N–H and O–H groups in total. The van der Waals surface area contributed by atoms with Crippen LogP contribution in [0.4, 0.5) is 4.39 Å². The minimum absolute atomic E-state index is 0.135. The number of likely N-dealkylation sites (N-methyl/N-ethyl adjacent to an activating group) is 1. The Hall–Kier alpha value is -3.42. The number of benzene rings is 2. The van der Waals surface area contributed by atoms with Crippen molar-refractivity contribution in [2.45, 2.75) is 25.8 Å². The third-order valence-electron chi connectivity index (χ3n) is 5.25. The van der Waals surface area contributed by atoms with Crippen LogP contribution in [0.2, 0.25) is 0 Å². The van der Waals surface area contributed by atoms with Gasteiger partial charge in [-0.3, -0.25) is 9.59 Å². The molecule has 0 radical (unpaired) electrons. The van der Waals surface area contributed by atoms with Crippen LogP contribution >= 0.6 is 0 Å². The van der Waals surface area contributed by atoms with Crippen molar-refractivity contribution >= 4 is 17.5 Å². The number of hydrogen-bond acceptors (Lipinski definition) is 5. The van der Waals surface area contributed by atoms with E-state index in [0.29, 0.717) is 41.2 Å². The summed E-state index contributed by atoms with van der Waals surface area (Å²) < 4.78 is 25.3. The van der Waals surface area contributed by atoms with Gasteiger partial charge in [0, 0.05) is 31.0 Å². The number of carbonyl (C=O) groups excluding carboxylic acids is 2. The normalized spacial score (nSPS) is 15.5. The molecule has 0 fully saturated rings. The number of hydrogen-bond donors (Lipinski definition) is 0. The van der Waals surface area contributed by atoms with Gasteiger partial charge in [-0.1, -0.05) is 25.1 Å². The van der Waals surface area contributed by atoms with E-state index in [4.69, 9.17) is 9.47 Å². The Morgan fingerprint density at radius 1 is 1.19 bits per heavy atom. The molecular weight excluding hydrogens is 401 g/mol. The fourth-order valence-electron chi connectivity index (χ4n) is 3.57. The number of hydrazone groups is 1. The minimum Gasteiger partial charge on any atom is -0.497 e. The molecule has 164 valence electrons. The van der Waals surface area contributed by atoms with Crippen LogP contribution in [-0.2, 0) is 9.59 Å². The van der Waals surface area contributed by atoms with Crippen LogP contribution in [0.25, 0.3) is 0 Å². The SMILES string of the molecule is CCC(=O)N(C)CC(=O)N1N=C(c2ccccc2F)CC1c1cc(OC)ccc1OC. The highest BCUT2D eigenvalue weighted by Gasteiger charge is 2.36. The molecule has 7 nitrogen and oxygen atoms in total. The fraction of sp³-hybridized carbons (Fsp3) is 0.348. The Bertz CT molecular complexity index is 1010. The number of halogens is 1. The molecule has 2 amide bonds. The van der Waals surface area contributed by atoms with Crippen LogP contribution in [0, 0.1) is 5.82 Å². The summed E-state index contributed by atoms with van der Waals surface area (Å²) in [7, 11) is 4.66. The zero-order valence-electron chi connectivity index (χ0n) is 18.1. The van der Waals surface area contributed by atoms with E-state index in [1.54, 1.807) is 64.6 Å². The molecule has 0 aromatic heterocycles. The Balaban J connectivity index is 2.02. The Morgan fingerprint density at radius 2 is 1.94 bits per heavy atom. The lowest BCUT2D eigenvalue weighted by Gasteiger charge is -2.26. The second-order valence-corrected chi connectivity index (χ2v) is 7.20. The predicted molar refractivity (Wildman–Crippen MR) is 115 cm³/mol. The lowest BCUT2D eigenvalue weighted by molar-refractivity contribution is -0.140. The maximum atomic E-state index is 14.4. The first-order chi connectivity index (χ1) is 14.9. The molecule has 8 heteroatoms. The fourth-order valence-corrected chi connectivity index (χ4v) is 3.57. The monoisotopic (exact) mass is 427 g/mol. The molecular formula is C23H26FN3O4. The standard InChI is InChI=1S/C23H26FN3O4/c1-5-22(28)26(2)14-23(29)27-20(17-12-15(30-3)10-11-21(17)31-4)13-19(25-27)16-8-6-7-9-18(16)24/h6-12,20H,5,13-14H2,1-4H3. The summed E-state index contributed by atoms with van der Waals surface area (Å²) in [6.07, 6.45) is 0.586. The average molecular weight is 427 g/mol. The smallest absolute Gasteiger partial charge is 0.262 e. The molecule has 1 heterocycles. The van der Waals surface area contributed by atoms with Crippen LogP contribution in [0.5, 0.6) is 11.5 Å². The summed E-state index contributed by atoms with van der Waals surface area (Å²) in [6.45, 7) is 1.60. The molecule has 2 aromatic rings. The molecule has 1 aliphatic rings. The third-order valence-corrected chi connectivity index (χ3v) is 5.25. The zero-order valence-corrected chi connectivity index (χ0v) is 18.1. The van der Waals surface area contributed by atoms with Gasteiger partial charge in [0.15, 0.2) is 0 Å². The Kier molecular flexibility index (Phi) is 6.89. The molecule has 0 bridgehead atoms. The lowest BCUT2D eigenvalue weighted by atomic mass is 9.97. The number of amides is 2. The van der Waals surface area contributed by atoms with Gasteiger partial charge in [-0.25, -0.2) is 9.40 Å². The van der Waals surface area contributed by atoms with Crippen molar-refractivity contribution in [1.29, 1.82) is 0 Å². The van der Waals surface area contributed by atoms with Gasteiger partial charge in [0.1, 0.15) is 23.9 Å². The second kappa shape index (κ2) is 9.59. The summed E-state index contributed by atoms with van der Waals surface area (Å²) in [6, 6.07) is 11.1. The molecule has 0 spiro atoms. The zero-order chi connectivity index (χ0) is 22.5. The van der Waals surface area contributed by atoms with Gasteiger partial charge in [-0.15, -0.1) is 0 Å². The van der Waals surface area contributed by atoms with Crippen LogP contribution < -0.4 is 9.47 Å². The third kappa shape index (κ3) is 4.68. The van der Waals surface area contributed by atoms with Gasteiger partial charge in [0.05, 0.1) is 26.0 Å². The van der Waals surface area contributed by atoms with Crippen molar-refractivity contribution in [1.82, 2.24) is 9.91 Å². The summed E-state index contributed by atoms with van der Waals surface area (Å²) in [5.74, 6) is 0.226. The van der Waals surface area contributed by atoms with Crippen molar-refractivity contribution < 1.29 is 23.5 Å². The summed E-state index contributed by atoms with van der Waals surface area (Å²) in [5.41, 5.74) is 1.48. The van der Waals surface area contributed by atoms with E-state index in [0.717, 1.165) is 0 Å². The number of methoxy groups -OCH3 is 2. The first-order valence-electron chi connectivity index (χ1n) is 9.99. The first-order valence-corrected chi connectivity index (χ1v) is 9.99. The van der Waals surface area contributed by atoms with Gasteiger partial charge in [-0.2, -0.15) is 5.10 Å². The predicted octanol–water partition coefficient (Wildman–Crippen LogP) is 3.39. The van der Waals surface area contributed by atoms with Gasteiger partial charge < -0.3 is 14.4 Å². The van der Waals surface area contributed by atoms with E-state index in [1.807, 2.05) is 0 Å². The maximum Gasteiger partial charge on any atom is 0.262 e. The van der Waals surface area contributed by atoms with Crippen LogP contribution in [0.1, 0.15) is 36.9 Å². The second-order valence-electron chi connectivity index (χ2n) is 7.20. The topological polar surface area (TPSA) is 71.4 Å². The molecule has 1 aliphatic heterocycles. The van der Waals surface area contributed by atoms with E-state index in [-0.39, 0.29) is 18.4 Å². The summed E-state index contributed by atoms with van der Waals surface area (Å²) in [4.78, 5) is 26.5. The average Bonchev–Trinajstić information content (AvgIpc) is 3.23. The number of carbonyl (C=O) groups is 2. The van der Waals surface area contributed by atoms with Crippen LogP contribution in [0.3, 0.4) is 0 Å². The van der Waals surface area contributed by atoms with E-state index in [9.17, 15) is 14.0 Å². The van der Waals surface area contributed by atoms with Crippen molar-refractivity contribution in [2.75, 3.05) is 27.8 Å². The van der Waals surface area contributed by atoms with E-state index >= 15 is 0 Å². The molecule has 0 saturated carbocycles. The van der Waals surface area contributed by atoms with Gasteiger partial charge in [0.2, 0.25) is 5.91 Å². The van der Waals surface area contributed by atoms with E-state index < -0.39 is 11.9 Å². The van der Waals surface area contributed by atoms with Gasteiger partial charge in [-0.05, 0) is 24.3 Å². The molecule has 1 atom stereocenters. The molecule has 0 aliphatic carbocycles. The highest BCUT2D eigenvalue weighted by atomic mass is 19.1. The molecule has 31 heavy (non-hydrogen) atoms. The number of ether oxygens (including phenoxy) is 2. The van der Waals surface area contributed by atoms with Crippen molar-refractivity contribution in [3.63, 3.8) is 0 Å². The van der Waals surface area contributed by atoms with Crippen LogP contribution in [0.15, 0.2) is 47.6 Å².